The van der Waals surface area contributed by atoms with Crippen LogP contribution in [0.4, 0.5) is 0 Å². The topological polar surface area (TPSA) is 4.41 Å². The highest BCUT2D eigenvalue weighted by Gasteiger charge is 1.96. The summed E-state index contributed by atoms with van der Waals surface area (Å²) in [5.41, 5.74) is 1.25. The molecule has 80 valence electrons. The Balaban J connectivity index is 0.000000124. The van der Waals surface area contributed by atoms with Crippen molar-refractivity contribution in [3.63, 3.8) is 0 Å². The van der Waals surface area contributed by atoms with Gasteiger partial charge in [0, 0.05) is 33.2 Å². The Kier molecular flexibility index (Phi) is 4.83. The fourth-order valence-electron chi connectivity index (χ4n) is 1.26. The molecule has 3 heterocycles. The number of fused-ring (bicyclic) bond motifs is 1. The molecule has 0 saturated carbocycles. The smallest absolute Gasteiger partial charge is 0.0449 e. The van der Waals surface area contributed by atoms with Crippen molar-refractivity contribution in [3.05, 3.63) is 42.7 Å². The number of pyridine rings is 1. The monoisotopic (exact) mass is 255 g/mol. The van der Waals surface area contributed by atoms with Gasteiger partial charge in [0.1, 0.15) is 0 Å². The predicted molar refractivity (Wildman–Crippen MR) is 74.8 cm³/mol. The highest BCUT2D eigenvalue weighted by atomic mass is 32.3. The number of thioether (sulfide) groups is 3. The van der Waals surface area contributed by atoms with Crippen LogP contribution in [0.15, 0.2) is 42.7 Å². The molecule has 0 unspecified atom stereocenters. The van der Waals surface area contributed by atoms with E-state index in [9.17, 15) is 0 Å². The van der Waals surface area contributed by atoms with E-state index in [-0.39, 0.29) is 0 Å². The van der Waals surface area contributed by atoms with Gasteiger partial charge in [-0.3, -0.25) is 0 Å². The van der Waals surface area contributed by atoms with Crippen LogP contribution in [0.2, 0.25) is 0 Å². The van der Waals surface area contributed by atoms with E-state index >= 15 is 0 Å². The molecule has 0 aromatic carbocycles. The molecule has 1 saturated heterocycles. The third-order valence-electron chi connectivity index (χ3n) is 1.94. The van der Waals surface area contributed by atoms with Crippen LogP contribution in [-0.4, -0.2) is 19.7 Å². The van der Waals surface area contributed by atoms with Crippen LogP contribution in [0.1, 0.15) is 0 Å². The van der Waals surface area contributed by atoms with E-state index in [4.69, 9.17) is 0 Å². The Morgan fingerprint density at radius 3 is 2.00 bits per heavy atom. The zero-order valence-corrected chi connectivity index (χ0v) is 10.8. The van der Waals surface area contributed by atoms with Crippen molar-refractivity contribution in [2.75, 3.05) is 15.3 Å². The first-order chi connectivity index (χ1) is 7.47. The summed E-state index contributed by atoms with van der Waals surface area (Å²) in [6.07, 6.45) is 4.07. The number of nitrogens with zero attached hydrogens (tertiary/aromatic N) is 1. The normalized spacial score (nSPS) is 15.7. The molecule has 2 aromatic heterocycles. The molecule has 2 aromatic rings. The van der Waals surface area contributed by atoms with E-state index in [1.165, 1.54) is 20.8 Å². The Labute approximate surface area is 103 Å². The molecule has 1 aliphatic rings. The minimum atomic E-state index is 1.25. The summed E-state index contributed by atoms with van der Waals surface area (Å²) in [6.45, 7) is 0. The van der Waals surface area contributed by atoms with Crippen molar-refractivity contribution in [3.8, 4) is 0 Å². The van der Waals surface area contributed by atoms with E-state index in [1.54, 1.807) is 0 Å². The number of hydrogen-bond acceptors (Lipinski definition) is 3. The van der Waals surface area contributed by atoms with Crippen molar-refractivity contribution in [1.29, 1.82) is 0 Å². The average Bonchev–Trinajstić information content (AvgIpc) is 2.80. The van der Waals surface area contributed by atoms with Crippen LogP contribution in [0.3, 0.4) is 0 Å². The standard InChI is InChI=1S/C8H7N.C3H6S3/c1-2-6-9-7-3-5-8(9)4-1;1-4-2-6-3-5-1/h1-7H;1-3H2. The van der Waals surface area contributed by atoms with E-state index in [1.807, 2.05) is 65.9 Å². The maximum absolute atomic E-state index is 2.08. The van der Waals surface area contributed by atoms with Gasteiger partial charge in [0.05, 0.1) is 0 Å². The van der Waals surface area contributed by atoms with Crippen LogP contribution in [0.5, 0.6) is 0 Å². The molecule has 1 fully saturated rings. The van der Waals surface area contributed by atoms with Crippen molar-refractivity contribution in [2.24, 2.45) is 0 Å². The lowest BCUT2D eigenvalue weighted by molar-refractivity contribution is 1.20. The Hall–Kier alpha value is -0.190. The lowest BCUT2D eigenvalue weighted by Crippen LogP contribution is -1.82. The Morgan fingerprint density at radius 1 is 0.800 bits per heavy atom. The molecule has 0 amide bonds. The van der Waals surface area contributed by atoms with Gasteiger partial charge in [0.15, 0.2) is 0 Å². The summed E-state index contributed by atoms with van der Waals surface area (Å²) in [4.78, 5) is 0. The van der Waals surface area contributed by atoms with Gasteiger partial charge < -0.3 is 4.40 Å². The third kappa shape index (κ3) is 3.70. The summed E-state index contributed by atoms with van der Waals surface area (Å²) in [5, 5.41) is 3.94. The minimum Gasteiger partial charge on any atom is -0.324 e. The predicted octanol–water partition coefficient (Wildman–Crippen LogP) is 4.01. The van der Waals surface area contributed by atoms with Crippen molar-refractivity contribution in [2.45, 2.75) is 0 Å². The van der Waals surface area contributed by atoms with E-state index in [2.05, 4.69) is 16.5 Å². The quantitative estimate of drug-likeness (QED) is 0.701. The number of hydrogen-bond donors (Lipinski definition) is 0. The van der Waals surface area contributed by atoms with E-state index < -0.39 is 0 Å². The van der Waals surface area contributed by atoms with E-state index in [0.29, 0.717) is 0 Å². The first-order valence-electron chi connectivity index (χ1n) is 4.72. The molecule has 15 heavy (non-hydrogen) atoms. The van der Waals surface area contributed by atoms with Gasteiger partial charge in [0.25, 0.3) is 0 Å². The maximum Gasteiger partial charge on any atom is 0.0449 e. The van der Waals surface area contributed by atoms with Gasteiger partial charge in [-0.15, -0.1) is 35.3 Å². The van der Waals surface area contributed by atoms with Crippen molar-refractivity contribution < 1.29 is 0 Å². The summed E-state index contributed by atoms with van der Waals surface area (Å²) in [7, 11) is 0. The van der Waals surface area contributed by atoms with Crippen molar-refractivity contribution >= 4 is 40.8 Å². The molecule has 0 spiro atoms. The zero-order valence-electron chi connectivity index (χ0n) is 8.33. The second-order valence-electron chi connectivity index (χ2n) is 3.01. The molecule has 1 aliphatic heterocycles. The molecule has 0 N–H and O–H groups in total. The van der Waals surface area contributed by atoms with Crippen molar-refractivity contribution in [1.82, 2.24) is 4.40 Å². The fraction of sp³-hybridized carbons (Fsp3) is 0.273. The largest absolute Gasteiger partial charge is 0.324 e. The Morgan fingerprint density at radius 2 is 1.40 bits per heavy atom. The Bertz CT molecular complexity index is 354. The van der Waals surface area contributed by atoms with Gasteiger partial charge in [-0.1, -0.05) is 6.07 Å². The number of aromatic nitrogens is 1. The molecule has 0 aliphatic carbocycles. The van der Waals surface area contributed by atoms with Gasteiger partial charge >= 0.3 is 0 Å². The summed E-state index contributed by atoms with van der Waals surface area (Å²) in [6, 6.07) is 10.3. The number of rotatable bonds is 0. The third-order valence-corrected chi connectivity index (χ3v) is 5.94. The SMILES string of the molecule is C1SCSCS1.c1ccn2cccc2c1. The second-order valence-corrected chi connectivity index (χ2v) is 7.06. The lowest BCUT2D eigenvalue weighted by Gasteiger charge is -2.05. The van der Waals surface area contributed by atoms with Crippen LogP contribution in [0, 0.1) is 0 Å². The first kappa shape index (κ1) is 11.3. The van der Waals surface area contributed by atoms with Gasteiger partial charge in [-0.2, -0.15) is 0 Å². The van der Waals surface area contributed by atoms with E-state index in [0.717, 1.165) is 0 Å². The second kappa shape index (κ2) is 6.40. The molecule has 3 rings (SSSR count). The fourth-order valence-corrected chi connectivity index (χ4v) is 5.33. The molecule has 0 radical (unpaired) electrons. The minimum absolute atomic E-state index is 1.25. The molecule has 0 bridgehead atoms. The maximum atomic E-state index is 2.08. The molecular weight excluding hydrogens is 242 g/mol. The van der Waals surface area contributed by atoms with Gasteiger partial charge in [-0.25, -0.2) is 0 Å². The highest BCUT2D eigenvalue weighted by Crippen LogP contribution is 2.27. The summed E-state index contributed by atoms with van der Waals surface area (Å²) in [5.74, 6) is 0. The van der Waals surface area contributed by atoms with Crippen LogP contribution in [-0.2, 0) is 0 Å². The van der Waals surface area contributed by atoms with Crippen LogP contribution < -0.4 is 0 Å². The van der Waals surface area contributed by atoms with Gasteiger partial charge in [-0.05, 0) is 24.3 Å². The molecule has 4 heteroatoms. The average molecular weight is 255 g/mol. The highest BCUT2D eigenvalue weighted by molar-refractivity contribution is 8.31. The van der Waals surface area contributed by atoms with Crippen LogP contribution >= 0.6 is 35.3 Å². The summed E-state index contributed by atoms with van der Waals surface area (Å²) < 4.78 is 2.08. The summed E-state index contributed by atoms with van der Waals surface area (Å²) >= 11 is 6.06. The lowest BCUT2D eigenvalue weighted by atomic mass is 10.4. The van der Waals surface area contributed by atoms with Gasteiger partial charge in [0.2, 0.25) is 0 Å². The van der Waals surface area contributed by atoms with Crippen LogP contribution in [0.25, 0.3) is 5.52 Å². The first-order valence-corrected chi connectivity index (χ1v) is 8.18. The zero-order chi connectivity index (χ0) is 10.3. The molecule has 0 atom stereocenters. The molecule has 1 nitrogen and oxygen atoms in total. The molecular formula is C11H13NS3.